The van der Waals surface area contributed by atoms with Crippen molar-refractivity contribution in [2.45, 2.75) is 12.0 Å². The van der Waals surface area contributed by atoms with Gasteiger partial charge >= 0.3 is 0 Å². The van der Waals surface area contributed by atoms with Gasteiger partial charge in [-0.3, -0.25) is 0 Å². The molecule has 0 bridgehead atoms. The zero-order valence-corrected chi connectivity index (χ0v) is 13.9. The first-order valence-corrected chi connectivity index (χ1v) is 8.10. The predicted octanol–water partition coefficient (Wildman–Crippen LogP) is 2.84. The summed E-state index contributed by atoms with van der Waals surface area (Å²) in [5.74, 6) is -7.46. The molecule has 0 aliphatic heterocycles. The molecule has 3 aromatic rings. The number of aliphatic hydroxyl groups excluding tert-OH is 2. The van der Waals surface area contributed by atoms with Crippen LogP contribution < -0.4 is 5.32 Å². The predicted molar refractivity (Wildman–Crippen MR) is 90.4 cm³/mol. The van der Waals surface area contributed by atoms with E-state index in [2.05, 4.69) is 15.3 Å². The number of aromatic nitrogens is 2. The lowest BCUT2D eigenvalue weighted by atomic mass is 9.91. The molecule has 0 saturated heterocycles. The van der Waals surface area contributed by atoms with E-state index in [4.69, 9.17) is 5.11 Å². The van der Waals surface area contributed by atoms with Crippen LogP contribution >= 0.6 is 0 Å². The first-order valence-electron chi connectivity index (χ1n) is 8.10. The van der Waals surface area contributed by atoms with Crippen LogP contribution in [-0.2, 0) is 0 Å². The second-order valence-electron chi connectivity index (χ2n) is 5.95. The molecular formula is C18H17F4N3O2. The van der Waals surface area contributed by atoms with Crippen molar-refractivity contribution in [2.24, 2.45) is 0 Å². The SMILES string of the molecule is OC[C@@H](O)CNc1c(F)c(F)c(C(c2ccc[nH]2)c2ccc[nH]2)c(F)c1F. The molecule has 0 aliphatic rings. The van der Waals surface area contributed by atoms with Crippen LogP contribution in [0.4, 0.5) is 23.2 Å². The van der Waals surface area contributed by atoms with Crippen molar-refractivity contribution < 1.29 is 27.8 Å². The number of nitrogens with one attached hydrogen (secondary N) is 3. The van der Waals surface area contributed by atoms with E-state index in [0.29, 0.717) is 11.4 Å². The van der Waals surface area contributed by atoms with Crippen LogP contribution in [-0.4, -0.2) is 39.4 Å². The minimum Gasteiger partial charge on any atom is -0.394 e. The van der Waals surface area contributed by atoms with Crippen molar-refractivity contribution in [3.8, 4) is 0 Å². The molecule has 5 nitrogen and oxygen atoms in total. The average Bonchev–Trinajstić information content (AvgIpc) is 3.37. The average molecular weight is 383 g/mol. The lowest BCUT2D eigenvalue weighted by Gasteiger charge is -2.20. The monoisotopic (exact) mass is 383 g/mol. The Bertz CT molecular complexity index is 835. The molecule has 0 amide bonds. The Morgan fingerprint density at radius 2 is 1.41 bits per heavy atom. The number of aromatic amines is 2. The van der Waals surface area contributed by atoms with E-state index in [0.717, 1.165) is 0 Å². The number of rotatable bonds is 7. The number of anilines is 1. The Morgan fingerprint density at radius 3 is 1.81 bits per heavy atom. The van der Waals surface area contributed by atoms with Crippen LogP contribution in [0.3, 0.4) is 0 Å². The Labute approximate surface area is 151 Å². The number of aliphatic hydroxyl groups is 2. The maximum absolute atomic E-state index is 14.8. The number of halogens is 4. The number of benzene rings is 1. The molecular weight excluding hydrogens is 366 g/mol. The first kappa shape index (κ1) is 19.0. The van der Waals surface area contributed by atoms with Gasteiger partial charge in [0.2, 0.25) is 0 Å². The fourth-order valence-electron chi connectivity index (χ4n) is 2.87. The normalized spacial score (nSPS) is 12.6. The summed E-state index contributed by atoms with van der Waals surface area (Å²) in [6.45, 7) is -1.17. The molecule has 9 heteroatoms. The van der Waals surface area contributed by atoms with E-state index in [1.807, 2.05) is 0 Å². The maximum Gasteiger partial charge on any atom is 0.185 e. The highest BCUT2D eigenvalue weighted by molar-refractivity contribution is 5.52. The van der Waals surface area contributed by atoms with Gasteiger partial charge < -0.3 is 25.5 Å². The molecule has 0 spiro atoms. The summed E-state index contributed by atoms with van der Waals surface area (Å²) in [6, 6.07) is 6.29. The van der Waals surface area contributed by atoms with E-state index in [1.54, 1.807) is 24.3 Å². The Hall–Kier alpha value is -2.78. The molecule has 0 radical (unpaired) electrons. The summed E-state index contributed by atoms with van der Waals surface area (Å²) in [7, 11) is 0. The van der Waals surface area contributed by atoms with Crippen molar-refractivity contribution in [1.82, 2.24) is 9.97 Å². The largest absolute Gasteiger partial charge is 0.394 e. The van der Waals surface area contributed by atoms with E-state index in [1.165, 1.54) is 12.4 Å². The zero-order valence-electron chi connectivity index (χ0n) is 13.9. The first-order chi connectivity index (χ1) is 13.0. The summed E-state index contributed by atoms with van der Waals surface area (Å²) >= 11 is 0. The van der Waals surface area contributed by atoms with Crippen molar-refractivity contribution in [3.05, 3.63) is 76.9 Å². The van der Waals surface area contributed by atoms with Gasteiger partial charge in [0.05, 0.1) is 18.6 Å². The lowest BCUT2D eigenvalue weighted by molar-refractivity contribution is 0.105. The van der Waals surface area contributed by atoms with Gasteiger partial charge in [0, 0.05) is 35.9 Å². The van der Waals surface area contributed by atoms with Gasteiger partial charge in [0.15, 0.2) is 23.3 Å². The second kappa shape index (κ2) is 7.85. The van der Waals surface area contributed by atoms with Crippen molar-refractivity contribution in [2.75, 3.05) is 18.5 Å². The van der Waals surface area contributed by atoms with Crippen LogP contribution in [0.15, 0.2) is 36.7 Å². The Morgan fingerprint density at radius 1 is 0.889 bits per heavy atom. The molecule has 3 rings (SSSR count). The summed E-state index contributed by atoms with van der Waals surface area (Å²) in [4.78, 5) is 5.61. The van der Waals surface area contributed by atoms with Gasteiger partial charge in [-0.2, -0.15) is 0 Å². The van der Waals surface area contributed by atoms with E-state index in [-0.39, 0.29) is 0 Å². The van der Waals surface area contributed by atoms with E-state index >= 15 is 0 Å². The summed E-state index contributed by atoms with van der Waals surface area (Å²) in [6.07, 6.45) is 1.71. The fourth-order valence-corrected chi connectivity index (χ4v) is 2.87. The van der Waals surface area contributed by atoms with Gasteiger partial charge in [0.25, 0.3) is 0 Å². The molecule has 0 saturated carbocycles. The minimum atomic E-state index is -1.61. The number of H-pyrrole nitrogens is 2. The quantitative estimate of drug-likeness (QED) is 0.321. The summed E-state index contributed by atoms with van der Waals surface area (Å²) in [5.41, 5.74) is -1.16. The van der Waals surface area contributed by atoms with Crippen LogP contribution in [0.1, 0.15) is 22.9 Å². The Balaban J connectivity index is 2.12. The third-order valence-electron chi connectivity index (χ3n) is 4.18. The minimum absolute atomic E-state index is 0.338. The highest BCUT2D eigenvalue weighted by Gasteiger charge is 2.32. The van der Waals surface area contributed by atoms with E-state index < -0.39 is 59.7 Å². The third kappa shape index (κ3) is 3.56. The summed E-state index contributed by atoms with van der Waals surface area (Å²) in [5, 5.41) is 20.1. The third-order valence-corrected chi connectivity index (χ3v) is 4.18. The molecule has 2 heterocycles. The highest BCUT2D eigenvalue weighted by atomic mass is 19.2. The Kier molecular flexibility index (Phi) is 5.52. The molecule has 0 fully saturated rings. The molecule has 1 atom stereocenters. The van der Waals surface area contributed by atoms with Gasteiger partial charge in [0.1, 0.15) is 5.69 Å². The van der Waals surface area contributed by atoms with Crippen molar-refractivity contribution in [1.29, 1.82) is 0 Å². The number of hydrogen-bond acceptors (Lipinski definition) is 3. The lowest BCUT2D eigenvalue weighted by Crippen LogP contribution is -2.25. The van der Waals surface area contributed by atoms with Crippen LogP contribution in [0.25, 0.3) is 0 Å². The van der Waals surface area contributed by atoms with Crippen LogP contribution in [0, 0.1) is 23.3 Å². The highest BCUT2D eigenvalue weighted by Crippen LogP contribution is 2.38. The van der Waals surface area contributed by atoms with E-state index in [9.17, 15) is 22.7 Å². The molecule has 5 N–H and O–H groups in total. The van der Waals surface area contributed by atoms with Gasteiger partial charge in [-0.25, -0.2) is 17.6 Å². The fraction of sp³-hybridized carbons (Fsp3) is 0.222. The van der Waals surface area contributed by atoms with Gasteiger partial charge in [-0.05, 0) is 24.3 Å². The molecule has 0 unspecified atom stereocenters. The second-order valence-corrected chi connectivity index (χ2v) is 5.95. The molecule has 2 aromatic heterocycles. The molecule has 27 heavy (non-hydrogen) atoms. The standard InChI is InChI=1S/C18H17F4N3O2/c19-14-13(12(10-3-1-5-23-10)11-4-2-6-24-11)15(20)17(22)18(16(14)21)25-7-9(27)8-26/h1-6,9,12,23-27H,7-8H2/t9-/m0/s1. The van der Waals surface area contributed by atoms with Crippen molar-refractivity contribution in [3.63, 3.8) is 0 Å². The molecule has 1 aromatic carbocycles. The van der Waals surface area contributed by atoms with Gasteiger partial charge in [-0.15, -0.1) is 0 Å². The van der Waals surface area contributed by atoms with Crippen LogP contribution in [0.5, 0.6) is 0 Å². The maximum atomic E-state index is 14.8. The smallest absolute Gasteiger partial charge is 0.185 e. The molecule has 0 aliphatic carbocycles. The summed E-state index contributed by atoms with van der Waals surface area (Å²) < 4.78 is 58.5. The number of hydrogen-bond donors (Lipinski definition) is 5. The topological polar surface area (TPSA) is 84.1 Å². The van der Waals surface area contributed by atoms with Gasteiger partial charge in [-0.1, -0.05) is 0 Å². The molecule has 144 valence electrons. The van der Waals surface area contributed by atoms with Crippen LogP contribution in [0.2, 0.25) is 0 Å². The van der Waals surface area contributed by atoms with Crippen molar-refractivity contribution >= 4 is 5.69 Å². The zero-order chi connectivity index (χ0) is 19.6.